The lowest BCUT2D eigenvalue weighted by atomic mass is 9.75. The van der Waals surface area contributed by atoms with Crippen LogP contribution < -0.4 is 5.32 Å². The van der Waals surface area contributed by atoms with Crippen LogP contribution in [0.15, 0.2) is 11.6 Å². The van der Waals surface area contributed by atoms with Crippen LogP contribution in [0.2, 0.25) is 0 Å². The Balaban J connectivity index is 1.59. The Morgan fingerprint density at radius 2 is 2.05 bits per heavy atom. The van der Waals surface area contributed by atoms with Gasteiger partial charge in [-0.25, -0.2) is 4.98 Å². The number of carbonyl (C=O) groups is 1. The van der Waals surface area contributed by atoms with Gasteiger partial charge in [-0.2, -0.15) is 0 Å². The van der Waals surface area contributed by atoms with E-state index in [0.717, 1.165) is 49.8 Å². The minimum Gasteiger partial charge on any atom is -0.347 e. The van der Waals surface area contributed by atoms with Crippen LogP contribution in [0.25, 0.3) is 0 Å². The van der Waals surface area contributed by atoms with Gasteiger partial charge in [0.15, 0.2) is 5.13 Å². The van der Waals surface area contributed by atoms with Crippen LogP contribution >= 0.6 is 11.3 Å². The number of nitrogens with zero attached hydrogens (tertiary/aromatic N) is 2. The van der Waals surface area contributed by atoms with Crippen molar-refractivity contribution in [1.29, 1.82) is 0 Å². The van der Waals surface area contributed by atoms with E-state index in [0.29, 0.717) is 5.41 Å². The molecule has 0 aromatic carbocycles. The average molecular weight is 307 g/mol. The van der Waals surface area contributed by atoms with E-state index in [9.17, 15) is 4.79 Å². The highest BCUT2D eigenvalue weighted by atomic mass is 32.1. The number of aromatic nitrogens is 1. The van der Waals surface area contributed by atoms with E-state index in [2.05, 4.69) is 36.0 Å². The molecule has 0 bridgehead atoms. The maximum Gasteiger partial charge on any atom is 0.248 e. The van der Waals surface area contributed by atoms with E-state index in [-0.39, 0.29) is 11.4 Å². The highest BCUT2D eigenvalue weighted by molar-refractivity contribution is 7.13. The zero-order valence-electron chi connectivity index (χ0n) is 13.2. The lowest BCUT2D eigenvalue weighted by Gasteiger charge is -2.40. The number of nitrogens with one attached hydrogen (secondary N) is 1. The van der Waals surface area contributed by atoms with Gasteiger partial charge in [-0.3, -0.25) is 4.79 Å². The van der Waals surface area contributed by atoms with Gasteiger partial charge >= 0.3 is 0 Å². The molecule has 1 aliphatic heterocycles. The molecule has 1 amide bonds. The number of amides is 1. The van der Waals surface area contributed by atoms with Crippen molar-refractivity contribution >= 4 is 22.4 Å². The summed E-state index contributed by atoms with van der Waals surface area (Å²) in [5, 5.41) is 6.17. The number of carbonyl (C=O) groups excluding carboxylic acids is 1. The smallest absolute Gasteiger partial charge is 0.248 e. The Labute approximate surface area is 130 Å². The van der Waals surface area contributed by atoms with Gasteiger partial charge < -0.3 is 10.2 Å². The maximum atomic E-state index is 12.8. The van der Waals surface area contributed by atoms with E-state index >= 15 is 0 Å². The summed E-state index contributed by atoms with van der Waals surface area (Å²) in [7, 11) is 0. The minimum atomic E-state index is -0.355. The van der Waals surface area contributed by atoms with Gasteiger partial charge in [-0.1, -0.05) is 20.8 Å². The monoisotopic (exact) mass is 307 g/mol. The molecule has 1 aliphatic carbocycles. The molecule has 1 saturated heterocycles. The fourth-order valence-corrected chi connectivity index (χ4v) is 3.89. The van der Waals surface area contributed by atoms with Crippen LogP contribution in [-0.4, -0.2) is 34.4 Å². The lowest BCUT2D eigenvalue weighted by Crippen LogP contribution is -2.49. The van der Waals surface area contributed by atoms with Crippen LogP contribution in [-0.2, 0) is 4.79 Å². The third kappa shape index (κ3) is 3.07. The predicted molar refractivity (Wildman–Crippen MR) is 86.5 cm³/mol. The normalized spacial score (nSPS) is 22.1. The molecule has 21 heavy (non-hydrogen) atoms. The standard InChI is InChI=1S/C16H25N3OS/c1-15(2,3)12-4-9-19(10-5-12)13(20)16(6-7-16)18-14-17-8-11-21-14/h8,11-12H,4-7,9-10H2,1-3H3,(H,17,18). The van der Waals surface area contributed by atoms with Gasteiger partial charge in [0.1, 0.15) is 5.54 Å². The van der Waals surface area contributed by atoms with Crippen LogP contribution in [0, 0.1) is 11.3 Å². The fourth-order valence-electron chi connectivity index (χ4n) is 3.26. The third-order valence-corrected chi connectivity index (χ3v) is 5.63. The topological polar surface area (TPSA) is 45.2 Å². The molecule has 1 aromatic rings. The number of anilines is 1. The summed E-state index contributed by atoms with van der Waals surface area (Å²) in [6.45, 7) is 8.73. The summed E-state index contributed by atoms with van der Waals surface area (Å²) in [6, 6.07) is 0. The first kappa shape index (κ1) is 14.8. The average Bonchev–Trinajstić information content (AvgIpc) is 3.04. The molecule has 0 spiro atoms. The van der Waals surface area contributed by atoms with Gasteiger partial charge in [0, 0.05) is 24.7 Å². The molecule has 116 valence electrons. The predicted octanol–water partition coefficient (Wildman–Crippen LogP) is 3.37. The van der Waals surface area contributed by atoms with Crippen molar-refractivity contribution in [3.63, 3.8) is 0 Å². The molecular formula is C16H25N3OS. The van der Waals surface area contributed by atoms with Crippen molar-refractivity contribution in [2.45, 2.75) is 52.0 Å². The van der Waals surface area contributed by atoms with Crippen molar-refractivity contribution in [1.82, 2.24) is 9.88 Å². The zero-order chi connectivity index (χ0) is 15.1. The number of rotatable bonds is 3. The van der Waals surface area contributed by atoms with Crippen molar-refractivity contribution in [3.8, 4) is 0 Å². The quantitative estimate of drug-likeness (QED) is 0.931. The highest BCUT2D eigenvalue weighted by Gasteiger charge is 2.52. The molecule has 1 N–H and O–H groups in total. The molecule has 3 rings (SSSR count). The van der Waals surface area contributed by atoms with Gasteiger partial charge in [-0.05, 0) is 37.0 Å². The molecule has 2 aliphatic rings. The first-order valence-corrected chi connectivity index (χ1v) is 8.76. The summed E-state index contributed by atoms with van der Waals surface area (Å²) in [5.41, 5.74) is -0.00202. The third-order valence-electron chi connectivity index (χ3n) is 4.94. The Kier molecular flexibility index (Phi) is 3.72. The number of piperidine rings is 1. The first-order valence-electron chi connectivity index (χ1n) is 7.88. The number of thiazole rings is 1. The zero-order valence-corrected chi connectivity index (χ0v) is 14.0. The second-order valence-electron chi connectivity index (χ2n) is 7.48. The number of hydrogen-bond acceptors (Lipinski definition) is 4. The minimum absolute atomic E-state index is 0.282. The van der Waals surface area contributed by atoms with E-state index < -0.39 is 0 Å². The molecule has 1 aromatic heterocycles. The molecule has 0 unspecified atom stereocenters. The van der Waals surface area contributed by atoms with Gasteiger partial charge in [0.2, 0.25) is 5.91 Å². The lowest BCUT2D eigenvalue weighted by molar-refractivity contribution is -0.134. The SMILES string of the molecule is CC(C)(C)C1CCN(C(=O)C2(Nc3nccs3)CC2)CC1. The number of hydrogen-bond donors (Lipinski definition) is 1. The van der Waals surface area contributed by atoms with Crippen molar-refractivity contribution < 1.29 is 4.79 Å². The Morgan fingerprint density at radius 3 is 2.52 bits per heavy atom. The highest BCUT2D eigenvalue weighted by Crippen LogP contribution is 2.42. The van der Waals surface area contributed by atoms with Gasteiger partial charge in [-0.15, -0.1) is 11.3 Å². The van der Waals surface area contributed by atoms with Gasteiger partial charge in [0.05, 0.1) is 0 Å². The molecule has 0 atom stereocenters. The van der Waals surface area contributed by atoms with Gasteiger partial charge in [0.25, 0.3) is 0 Å². The summed E-state index contributed by atoms with van der Waals surface area (Å²) >= 11 is 1.56. The van der Waals surface area contributed by atoms with Crippen molar-refractivity contribution in [3.05, 3.63) is 11.6 Å². The van der Waals surface area contributed by atoms with Crippen molar-refractivity contribution in [2.24, 2.45) is 11.3 Å². The molecule has 2 heterocycles. The molecule has 1 saturated carbocycles. The number of likely N-dealkylation sites (tertiary alicyclic amines) is 1. The largest absolute Gasteiger partial charge is 0.347 e. The Morgan fingerprint density at radius 1 is 1.38 bits per heavy atom. The summed E-state index contributed by atoms with van der Waals surface area (Å²) < 4.78 is 0. The van der Waals surface area contributed by atoms with E-state index in [1.165, 1.54) is 0 Å². The van der Waals surface area contributed by atoms with E-state index in [1.807, 2.05) is 5.38 Å². The van der Waals surface area contributed by atoms with Crippen LogP contribution in [0.1, 0.15) is 46.5 Å². The molecule has 0 radical (unpaired) electrons. The second kappa shape index (κ2) is 5.27. The summed E-state index contributed by atoms with van der Waals surface area (Å²) in [4.78, 5) is 19.1. The Bertz CT molecular complexity index is 494. The van der Waals surface area contributed by atoms with Crippen molar-refractivity contribution in [2.75, 3.05) is 18.4 Å². The molecule has 5 heteroatoms. The Hall–Kier alpha value is -1.10. The van der Waals surface area contributed by atoms with E-state index in [4.69, 9.17) is 0 Å². The van der Waals surface area contributed by atoms with E-state index in [1.54, 1.807) is 17.5 Å². The van der Waals surface area contributed by atoms with Crippen LogP contribution in [0.5, 0.6) is 0 Å². The summed E-state index contributed by atoms with van der Waals surface area (Å²) in [6.07, 6.45) is 5.91. The fraction of sp³-hybridized carbons (Fsp3) is 0.750. The van der Waals surface area contributed by atoms with Crippen LogP contribution in [0.4, 0.5) is 5.13 Å². The maximum absolute atomic E-state index is 12.8. The summed E-state index contributed by atoms with van der Waals surface area (Å²) in [5.74, 6) is 1.01. The second-order valence-corrected chi connectivity index (χ2v) is 8.37. The molecular weight excluding hydrogens is 282 g/mol. The molecule has 4 nitrogen and oxygen atoms in total. The first-order chi connectivity index (χ1) is 9.91. The molecule has 2 fully saturated rings. The van der Waals surface area contributed by atoms with Crippen LogP contribution in [0.3, 0.4) is 0 Å².